The number of halogens is 2. The van der Waals surface area contributed by atoms with E-state index in [4.69, 9.17) is 42.1 Å². The number of ether oxygens (including phenoxy) is 4. The van der Waals surface area contributed by atoms with Gasteiger partial charge in [0.25, 0.3) is 0 Å². The molecule has 13 heteroatoms. The average molecular weight is 835 g/mol. The smallest absolute Gasteiger partial charge is 0.308 e. The molecule has 4 aromatic rings. The van der Waals surface area contributed by atoms with Crippen LogP contribution in [-0.4, -0.2) is 52.4 Å². The summed E-state index contributed by atoms with van der Waals surface area (Å²) < 4.78 is 23.6. The van der Waals surface area contributed by atoms with E-state index in [-0.39, 0.29) is 42.9 Å². The minimum atomic E-state index is -0.775. The molecule has 2 heterocycles. The summed E-state index contributed by atoms with van der Waals surface area (Å²) in [5.41, 5.74) is 7.67. The molecule has 2 aliphatic rings. The van der Waals surface area contributed by atoms with Crippen molar-refractivity contribution in [3.63, 3.8) is 0 Å². The third-order valence-electron chi connectivity index (χ3n) is 11.9. The standard InChI is InChI=1S/C45H53Cl2N3O8/c1-26-30(24-57-42-37(46)21-29(40(49-42)55-3)20-19-28-11-5-6-14-35(28)44(51)52)12-9-16-33(26)34-17-10-13-31(27(34)2)25-58-43-38(47)22-32(41(50-43)56-4)23-48-39-18-8-7-15-36(39)45(53)54/h9-10,12-13,16-17,21-22,28,35-36,39,48H,5-8,11,14-15,18-20,23-25H2,1-4H3,(H,51,52)(H,53,54)/t28-,35-,36+,39-/m0/s1. The summed E-state index contributed by atoms with van der Waals surface area (Å²) >= 11 is 13.4. The van der Waals surface area contributed by atoms with E-state index in [1.165, 1.54) is 7.11 Å². The second-order valence-electron chi connectivity index (χ2n) is 15.4. The number of carboxylic acids is 2. The fourth-order valence-corrected chi connectivity index (χ4v) is 8.99. The molecule has 3 N–H and O–H groups in total. The number of hydrogen-bond acceptors (Lipinski definition) is 9. The molecule has 0 saturated heterocycles. The molecule has 2 aromatic heterocycles. The molecule has 58 heavy (non-hydrogen) atoms. The van der Waals surface area contributed by atoms with E-state index in [9.17, 15) is 19.8 Å². The molecule has 0 radical (unpaired) electrons. The number of rotatable bonds is 17. The summed E-state index contributed by atoms with van der Waals surface area (Å²) in [5.74, 6) is -0.795. The minimum Gasteiger partial charge on any atom is -0.481 e. The van der Waals surface area contributed by atoms with Gasteiger partial charge in [0.2, 0.25) is 23.5 Å². The van der Waals surface area contributed by atoms with Gasteiger partial charge in [-0.2, -0.15) is 9.97 Å². The normalized spacial score (nSPS) is 19.3. The third-order valence-corrected chi connectivity index (χ3v) is 12.5. The zero-order valence-electron chi connectivity index (χ0n) is 33.6. The summed E-state index contributed by atoms with van der Waals surface area (Å²) in [4.78, 5) is 32.8. The minimum absolute atomic E-state index is 0.118. The van der Waals surface area contributed by atoms with Gasteiger partial charge in [0.1, 0.15) is 23.3 Å². The van der Waals surface area contributed by atoms with Gasteiger partial charge in [-0.25, -0.2) is 0 Å². The van der Waals surface area contributed by atoms with Crippen LogP contribution >= 0.6 is 23.2 Å². The van der Waals surface area contributed by atoms with Crippen LogP contribution in [0.4, 0.5) is 0 Å². The molecule has 0 unspecified atom stereocenters. The molecule has 2 fully saturated rings. The Balaban J connectivity index is 1.11. The van der Waals surface area contributed by atoms with Crippen molar-refractivity contribution < 1.29 is 38.7 Å². The highest BCUT2D eigenvalue weighted by molar-refractivity contribution is 6.32. The molecule has 11 nitrogen and oxygen atoms in total. The number of aromatic nitrogens is 2. The van der Waals surface area contributed by atoms with Crippen LogP contribution in [0.3, 0.4) is 0 Å². The van der Waals surface area contributed by atoms with Crippen LogP contribution in [0.15, 0.2) is 48.5 Å². The Kier molecular flexibility index (Phi) is 14.8. The number of methoxy groups -OCH3 is 2. The van der Waals surface area contributed by atoms with Gasteiger partial charge in [0.15, 0.2) is 0 Å². The van der Waals surface area contributed by atoms with Crippen molar-refractivity contribution in [3.05, 3.63) is 92.0 Å². The Morgan fingerprint density at radius 2 is 1.19 bits per heavy atom. The molecule has 2 aliphatic carbocycles. The molecule has 4 atom stereocenters. The van der Waals surface area contributed by atoms with Gasteiger partial charge in [-0.1, -0.05) is 85.3 Å². The van der Waals surface area contributed by atoms with E-state index in [0.29, 0.717) is 41.2 Å². The molecular weight excluding hydrogens is 781 g/mol. The number of hydrogen-bond donors (Lipinski definition) is 3. The number of carboxylic acid groups (broad SMARTS) is 2. The first kappa shape index (κ1) is 43.0. The number of nitrogens with zero attached hydrogens (tertiary/aromatic N) is 2. The van der Waals surface area contributed by atoms with E-state index >= 15 is 0 Å². The monoisotopic (exact) mass is 833 g/mol. The molecule has 2 saturated carbocycles. The first-order valence-electron chi connectivity index (χ1n) is 20.1. The predicted octanol–water partition coefficient (Wildman–Crippen LogP) is 9.80. The Bertz CT molecular complexity index is 1950. The first-order chi connectivity index (χ1) is 28.0. The number of aryl methyl sites for hydroxylation is 1. The van der Waals surface area contributed by atoms with Gasteiger partial charge in [-0.3, -0.25) is 9.59 Å². The number of benzene rings is 2. The van der Waals surface area contributed by atoms with Gasteiger partial charge in [0, 0.05) is 23.7 Å². The van der Waals surface area contributed by atoms with Crippen LogP contribution in [0, 0.1) is 31.6 Å². The molecule has 0 aliphatic heterocycles. The Morgan fingerprint density at radius 3 is 1.74 bits per heavy atom. The summed E-state index contributed by atoms with van der Waals surface area (Å²) in [7, 11) is 3.10. The van der Waals surface area contributed by atoms with E-state index in [0.717, 1.165) is 95.9 Å². The maximum Gasteiger partial charge on any atom is 0.308 e. The summed E-state index contributed by atoms with van der Waals surface area (Å²) in [6.45, 7) is 4.95. The lowest BCUT2D eigenvalue weighted by molar-refractivity contribution is -0.145. The fourth-order valence-electron chi connectivity index (χ4n) is 8.54. The van der Waals surface area contributed by atoms with Gasteiger partial charge in [-0.05, 0) is 104 Å². The van der Waals surface area contributed by atoms with Crippen molar-refractivity contribution in [1.29, 1.82) is 0 Å². The number of carbonyl (C=O) groups is 2. The molecule has 0 amide bonds. The van der Waals surface area contributed by atoms with Crippen molar-refractivity contribution >= 4 is 35.1 Å². The molecule has 310 valence electrons. The second-order valence-corrected chi connectivity index (χ2v) is 16.2. The number of pyridine rings is 2. The van der Waals surface area contributed by atoms with Crippen LogP contribution in [0.25, 0.3) is 11.1 Å². The summed E-state index contributed by atoms with van der Waals surface area (Å²) in [6, 6.07) is 15.6. The molecule has 6 rings (SSSR count). The quantitative estimate of drug-likeness (QED) is 0.0933. The van der Waals surface area contributed by atoms with Crippen molar-refractivity contribution in [3.8, 4) is 34.6 Å². The van der Waals surface area contributed by atoms with Gasteiger partial charge >= 0.3 is 11.9 Å². The van der Waals surface area contributed by atoms with Gasteiger partial charge < -0.3 is 34.5 Å². The maximum absolute atomic E-state index is 11.8. The lowest BCUT2D eigenvalue weighted by atomic mass is 9.76. The van der Waals surface area contributed by atoms with Gasteiger partial charge in [-0.15, -0.1) is 0 Å². The number of nitrogens with one attached hydrogen (secondary N) is 1. The van der Waals surface area contributed by atoms with Gasteiger partial charge in [0.05, 0.1) is 26.1 Å². The summed E-state index contributed by atoms with van der Waals surface area (Å²) in [6.07, 6.45) is 8.37. The van der Waals surface area contributed by atoms with Crippen LogP contribution in [0.1, 0.15) is 91.2 Å². The lowest BCUT2D eigenvalue weighted by Crippen LogP contribution is -2.41. The van der Waals surface area contributed by atoms with Crippen molar-refractivity contribution in [2.24, 2.45) is 17.8 Å². The molecule has 2 aromatic carbocycles. The van der Waals surface area contributed by atoms with Crippen LogP contribution in [0.2, 0.25) is 10.0 Å². The summed E-state index contributed by atoms with van der Waals surface area (Å²) in [5, 5.41) is 23.5. The van der Waals surface area contributed by atoms with E-state index in [2.05, 4.69) is 41.3 Å². The van der Waals surface area contributed by atoms with Crippen LogP contribution in [-0.2, 0) is 35.8 Å². The predicted molar refractivity (Wildman–Crippen MR) is 223 cm³/mol. The van der Waals surface area contributed by atoms with E-state index in [1.807, 2.05) is 30.3 Å². The lowest BCUT2D eigenvalue weighted by Gasteiger charge is -2.29. The SMILES string of the molecule is COc1nc(OCc2cccc(-c3cccc(COc4nc(OC)c(CN[C@H]5CCCC[C@H]5C(=O)O)cc4Cl)c3C)c2C)c(Cl)cc1CC[C@@H]1CCCC[C@@H]1C(=O)O. The largest absolute Gasteiger partial charge is 0.481 e. The topological polar surface area (TPSA) is 149 Å². The molecule has 0 bridgehead atoms. The van der Waals surface area contributed by atoms with Crippen molar-refractivity contribution in [1.82, 2.24) is 15.3 Å². The molecule has 0 spiro atoms. The Morgan fingerprint density at radius 1 is 0.690 bits per heavy atom. The second kappa shape index (κ2) is 19.9. The molecular formula is C45H53Cl2N3O8. The van der Waals surface area contributed by atoms with E-state index in [1.54, 1.807) is 13.2 Å². The van der Waals surface area contributed by atoms with Crippen molar-refractivity contribution in [2.45, 2.75) is 104 Å². The third kappa shape index (κ3) is 10.2. The van der Waals surface area contributed by atoms with Crippen molar-refractivity contribution in [2.75, 3.05) is 14.2 Å². The van der Waals surface area contributed by atoms with E-state index < -0.39 is 17.9 Å². The zero-order valence-corrected chi connectivity index (χ0v) is 35.1. The fraction of sp³-hybridized carbons (Fsp3) is 0.467. The number of aliphatic carboxylic acids is 2. The van der Waals surface area contributed by atoms with Crippen LogP contribution < -0.4 is 24.3 Å². The average Bonchev–Trinajstić information content (AvgIpc) is 3.22. The Hall–Kier alpha value is -4.58. The first-order valence-corrected chi connectivity index (χ1v) is 20.8. The highest BCUT2D eigenvalue weighted by atomic mass is 35.5. The van der Waals surface area contributed by atoms with Crippen LogP contribution in [0.5, 0.6) is 23.5 Å². The zero-order chi connectivity index (χ0) is 41.3. The highest BCUT2D eigenvalue weighted by Gasteiger charge is 2.32. The highest BCUT2D eigenvalue weighted by Crippen LogP contribution is 2.37. The Labute approximate surface area is 350 Å². The maximum atomic E-state index is 11.8.